The van der Waals surface area contributed by atoms with Crippen LogP contribution in [0.3, 0.4) is 0 Å². The van der Waals surface area contributed by atoms with Gasteiger partial charge in [-0.2, -0.15) is 5.10 Å². The van der Waals surface area contributed by atoms with E-state index in [1.165, 1.54) is 0 Å². The normalized spacial score (nSPS) is 18.9. The Balaban J connectivity index is 1.98. The second kappa shape index (κ2) is 6.42. The Morgan fingerprint density at radius 1 is 1.36 bits per heavy atom. The number of aromatic nitrogens is 2. The zero-order valence-corrected chi connectivity index (χ0v) is 15.3. The third-order valence-electron chi connectivity index (χ3n) is 4.91. The van der Waals surface area contributed by atoms with E-state index in [0.717, 1.165) is 29.3 Å². The third kappa shape index (κ3) is 3.41. The Bertz CT molecular complexity index is 767. The van der Waals surface area contributed by atoms with Crippen molar-refractivity contribution in [3.63, 3.8) is 0 Å². The maximum atomic E-state index is 12.3. The van der Waals surface area contributed by atoms with Crippen molar-refractivity contribution in [3.05, 3.63) is 29.5 Å². The molecule has 1 unspecified atom stereocenters. The van der Waals surface area contributed by atoms with Crippen molar-refractivity contribution in [2.45, 2.75) is 57.7 Å². The van der Waals surface area contributed by atoms with Crippen molar-refractivity contribution in [1.29, 1.82) is 0 Å². The van der Waals surface area contributed by atoms with Gasteiger partial charge in [-0.1, -0.05) is 12.1 Å². The number of hydrogen-bond acceptors (Lipinski definition) is 5. The van der Waals surface area contributed by atoms with Crippen molar-refractivity contribution in [2.75, 3.05) is 13.2 Å². The SMILES string of the molecule is CC(O)C1(c2ccc3c(C(=O)OC(C)(C)C)n[nH]c3c2)CCOCC1. The minimum atomic E-state index is -0.569. The van der Waals surface area contributed by atoms with Gasteiger partial charge in [0, 0.05) is 24.0 Å². The summed E-state index contributed by atoms with van der Waals surface area (Å²) in [6, 6.07) is 5.84. The number of aliphatic hydroxyl groups excluding tert-OH is 1. The van der Waals surface area contributed by atoms with E-state index in [-0.39, 0.29) is 11.1 Å². The van der Waals surface area contributed by atoms with E-state index in [9.17, 15) is 9.90 Å². The Morgan fingerprint density at radius 2 is 2.04 bits per heavy atom. The van der Waals surface area contributed by atoms with Crippen molar-refractivity contribution in [2.24, 2.45) is 0 Å². The summed E-state index contributed by atoms with van der Waals surface area (Å²) < 4.78 is 10.9. The molecule has 1 aromatic carbocycles. The first-order valence-corrected chi connectivity index (χ1v) is 8.71. The van der Waals surface area contributed by atoms with Gasteiger partial charge in [-0.3, -0.25) is 5.10 Å². The molecule has 2 aromatic rings. The quantitative estimate of drug-likeness (QED) is 0.835. The standard InChI is InChI=1S/C19H26N2O4/c1-12(22)19(7-9-24-10-8-19)13-5-6-14-15(11-13)20-21-16(14)17(23)25-18(2,3)4/h5-6,11-12,22H,7-10H2,1-4H3,(H,20,21). The van der Waals surface area contributed by atoms with Gasteiger partial charge in [0.05, 0.1) is 11.6 Å². The van der Waals surface area contributed by atoms with Crippen LogP contribution in [-0.2, 0) is 14.9 Å². The van der Waals surface area contributed by atoms with Gasteiger partial charge < -0.3 is 14.6 Å². The summed E-state index contributed by atoms with van der Waals surface area (Å²) in [4.78, 5) is 12.3. The number of aliphatic hydroxyl groups is 1. The molecule has 0 amide bonds. The summed E-state index contributed by atoms with van der Waals surface area (Å²) in [6.45, 7) is 8.58. The lowest BCUT2D eigenvalue weighted by molar-refractivity contribution is -0.00833. The van der Waals surface area contributed by atoms with Crippen LogP contribution < -0.4 is 0 Å². The molecule has 1 saturated heterocycles. The number of aromatic amines is 1. The predicted octanol–water partition coefficient (Wildman–Crippen LogP) is 2.95. The highest BCUT2D eigenvalue weighted by atomic mass is 16.6. The van der Waals surface area contributed by atoms with Crippen LogP contribution in [0.1, 0.15) is 56.6 Å². The molecule has 0 radical (unpaired) electrons. The molecule has 3 rings (SSSR count). The average Bonchev–Trinajstić information content (AvgIpc) is 2.97. The molecule has 0 saturated carbocycles. The number of ether oxygens (including phenoxy) is 2. The molecule has 0 aliphatic carbocycles. The van der Waals surface area contributed by atoms with E-state index in [0.29, 0.717) is 13.2 Å². The number of nitrogens with one attached hydrogen (secondary N) is 1. The molecule has 2 heterocycles. The topological polar surface area (TPSA) is 84.4 Å². The van der Waals surface area contributed by atoms with Gasteiger partial charge in [0.25, 0.3) is 0 Å². The van der Waals surface area contributed by atoms with Crippen LogP contribution in [0.5, 0.6) is 0 Å². The fourth-order valence-electron chi connectivity index (χ4n) is 3.49. The van der Waals surface area contributed by atoms with Gasteiger partial charge in [0.1, 0.15) is 5.60 Å². The monoisotopic (exact) mass is 346 g/mol. The van der Waals surface area contributed by atoms with Crippen LogP contribution in [0.25, 0.3) is 10.9 Å². The summed E-state index contributed by atoms with van der Waals surface area (Å²) in [5, 5.41) is 18.2. The average molecular weight is 346 g/mol. The summed E-state index contributed by atoms with van der Waals surface area (Å²) in [5.74, 6) is -0.442. The molecule has 1 atom stereocenters. The number of benzene rings is 1. The smallest absolute Gasteiger partial charge is 0.360 e. The Labute approximate surface area is 147 Å². The lowest BCUT2D eigenvalue weighted by atomic mass is 9.70. The fraction of sp³-hybridized carbons (Fsp3) is 0.579. The lowest BCUT2D eigenvalue weighted by Crippen LogP contribution is -2.42. The number of H-pyrrole nitrogens is 1. The van der Waals surface area contributed by atoms with Gasteiger partial charge in [0.2, 0.25) is 0 Å². The zero-order valence-electron chi connectivity index (χ0n) is 15.3. The number of hydrogen-bond donors (Lipinski definition) is 2. The zero-order chi connectivity index (χ0) is 18.2. The Kier molecular flexibility index (Phi) is 4.60. The van der Waals surface area contributed by atoms with E-state index in [1.807, 2.05) is 45.9 Å². The minimum Gasteiger partial charge on any atom is -0.455 e. The van der Waals surface area contributed by atoms with E-state index >= 15 is 0 Å². The molecule has 6 heteroatoms. The molecule has 0 spiro atoms. The number of esters is 1. The first-order chi connectivity index (χ1) is 11.7. The van der Waals surface area contributed by atoms with Crippen molar-refractivity contribution in [3.8, 4) is 0 Å². The molecule has 1 aliphatic heterocycles. The molecule has 1 aliphatic rings. The molecule has 6 nitrogen and oxygen atoms in total. The molecule has 2 N–H and O–H groups in total. The number of nitrogens with zero attached hydrogens (tertiary/aromatic N) is 1. The molecule has 1 aromatic heterocycles. The van der Waals surface area contributed by atoms with Crippen LogP contribution in [-0.4, -0.2) is 46.2 Å². The number of carbonyl (C=O) groups excluding carboxylic acids is 1. The number of rotatable bonds is 3. The highest BCUT2D eigenvalue weighted by molar-refractivity contribution is 6.02. The van der Waals surface area contributed by atoms with E-state index in [4.69, 9.17) is 9.47 Å². The van der Waals surface area contributed by atoms with E-state index < -0.39 is 17.7 Å². The summed E-state index contributed by atoms with van der Waals surface area (Å²) in [6.07, 6.45) is 1.05. The summed E-state index contributed by atoms with van der Waals surface area (Å²) >= 11 is 0. The third-order valence-corrected chi connectivity index (χ3v) is 4.91. The molecule has 136 valence electrons. The largest absolute Gasteiger partial charge is 0.455 e. The van der Waals surface area contributed by atoms with Crippen molar-refractivity contribution < 1.29 is 19.4 Å². The Morgan fingerprint density at radius 3 is 2.64 bits per heavy atom. The summed E-state index contributed by atoms with van der Waals surface area (Å²) in [7, 11) is 0. The Hall–Kier alpha value is -1.92. The lowest BCUT2D eigenvalue weighted by Gasteiger charge is -2.40. The maximum Gasteiger partial charge on any atom is 0.360 e. The van der Waals surface area contributed by atoms with Crippen LogP contribution in [0, 0.1) is 0 Å². The van der Waals surface area contributed by atoms with Gasteiger partial charge in [-0.05, 0) is 52.2 Å². The predicted molar refractivity (Wildman–Crippen MR) is 94.7 cm³/mol. The second-order valence-electron chi connectivity index (χ2n) is 7.78. The highest BCUT2D eigenvalue weighted by Gasteiger charge is 2.39. The maximum absolute atomic E-state index is 12.3. The van der Waals surface area contributed by atoms with Gasteiger partial charge in [0.15, 0.2) is 5.69 Å². The first kappa shape index (κ1) is 17.9. The minimum absolute atomic E-state index is 0.287. The van der Waals surface area contributed by atoms with Crippen LogP contribution in [0.15, 0.2) is 18.2 Å². The first-order valence-electron chi connectivity index (χ1n) is 8.71. The van der Waals surface area contributed by atoms with Gasteiger partial charge >= 0.3 is 5.97 Å². The van der Waals surface area contributed by atoms with Gasteiger partial charge in [-0.15, -0.1) is 0 Å². The molecule has 0 bridgehead atoms. The van der Waals surface area contributed by atoms with Gasteiger partial charge in [-0.25, -0.2) is 4.79 Å². The van der Waals surface area contributed by atoms with Crippen LogP contribution in [0.4, 0.5) is 0 Å². The molecule has 1 fully saturated rings. The number of fused-ring (bicyclic) bond motifs is 1. The summed E-state index contributed by atoms with van der Waals surface area (Å²) in [5.41, 5.74) is 1.20. The van der Waals surface area contributed by atoms with E-state index in [2.05, 4.69) is 10.2 Å². The van der Waals surface area contributed by atoms with Crippen LogP contribution in [0.2, 0.25) is 0 Å². The molecular weight excluding hydrogens is 320 g/mol. The van der Waals surface area contributed by atoms with Crippen molar-refractivity contribution >= 4 is 16.9 Å². The fourth-order valence-corrected chi connectivity index (χ4v) is 3.49. The van der Waals surface area contributed by atoms with E-state index in [1.54, 1.807) is 0 Å². The molecular formula is C19H26N2O4. The second-order valence-corrected chi connectivity index (χ2v) is 7.78. The number of carbonyl (C=O) groups is 1. The van der Waals surface area contributed by atoms with Crippen LogP contribution >= 0.6 is 0 Å². The molecule has 25 heavy (non-hydrogen) atoms. The van der Waals surface area contributed by atoms with Crippen molar-refractivity contribution in [1.82, 2.24) is 10.2 Å². The highest BCUT2D eigenvalue weighted by Crippen LogP contribution is 2.39.